The summed E-state index contributed by atoms with van der Waals surface area (Å²) in [6.45, 7) is 3.76. The number of rotatable bonds is 4. The van der Waals surface area contributed by atoms with E-state index in [0.717, 1.165) is 59.5 Å². The summed E-state index contributed by atoms with van der Waals surface area (Å²) in [5, 5.41) is 20.9. The fourth-order valence-corrected chi connectivity index (χ4v) is 4.64. The molecule has 0 aliphatic carbocycles. The van der Waals surface area contributed by atoms with Crippen molar-refractivity contribution in [3.63, 3.8) is 0 Å². The normalized spacial score (nSPS) is 14.7. The summed E-state index contributed by atoms with van der Waals surface area (Å²) >= 11 is 0. The van der Waals surface area contributed by atoms with E-state index in [-0.39, 0.29) is 0 Å². The van der Waals surface area contributed by atoms with Crippen molar-refractivity contribution >= 4 is 5.82 Å². The first-order valence-corrected chi connectivity index (χ1v) is 10.7. The van der Waals surface area contributed by atoms with Crippen LogP contribution in [0.4, 0.5) is 5.82 Å². The van der Waals surface area contributed by atoms with Crippen LogP contribution in [-0.2, 0) is 6.54 Å². The minimum absolute atomic E-state index is 0.655. The van der Waals surface area contributed by atoms with E-state index in [2.05, 4.69) is 55.4 Å². The third kappa shape index (κ3) is 2.98. The van der Waals surface area contributed by atoms with Crippen molar-refractivity contribution in [3.05, 3.63) is 66.2 Å². The van der Waals surface area contributed by atoms with Crippen LogP contribution in [0.15, 0.2) is 55.0 Å². The number of hydrogen-bond donors (Lipinski definition) is 1. The van der Waals surface area contributed by atoms with Crippen molar-refractivity contribution in [2.45, 2.75) is 6.54 Å². The average molecular weight is 422 g/mol. The number of benzene rings is 1. The van der Waals surface area contributed by atoms with Gasteiger partial charge in [0.25, 0.3) is 0 Å². The first kappa shape index (κ1) is 18.8. The maximum absolute atomic E-state index is 9.08. The third-order valence-electron chi connectivity index (χ3n) is 6.31. The zero-order chi connectivity index (χ0) is 21.7. The van der Waals surface area contributed by atoms with Gasteiger partial charge in [0, 0.05) is 37.3 Å². The van der Waals surface area contributed by atoms with E-state index >= 15 is 0 Å². The highest BCUT2D eigenvalue weighted by Gasteiger charge is 2.29. The molecule has 0 unspecified atom stereocenters. The Kier molecular flexibility index (Phi) is 4.30. The lowest BCUT2D eigenvalue weighted by atomic mass is 10.0. The number of fused-ring (bicyclic) bond motifs is 5. The molecule has 6 rings (SSSR count). The number of hydrogen-bond acceptors (Lipinski definition) is 6. The largest absolute Gasteiger partial charge is 0.356 e. The lowest BCUT2D eigenvalue weighted by Crippen LogP contribution is -2.50. The zero-order valence-corrected chi connectivity index (χ0v) is 17.7. The molecule has 2 aliphatic heterocycles. The Labute approximate surface area is 185 Å². The van der Waals surface area contributed by atoms with Crippen LogP contribution in [0.2, 0.25) is 0 Å². The Morgan fingerprint density at radius 2 is 1.97 bits per heavy atom. The van der Waals surface area contributed by atoms with Crippen LogP contribution in [-0.4, -0.2) is 51.0 Å². The van der Waals surface area contributed by atoms with E-state index in [4.69, 9.17) is 10.2 Å². The summed E-state index contributed by atoms with van der Waals surface area (Å²) < 4.78 is 4.21. The summed E-state index contributed by atoms with van der Waals surface area (Å²) in [5.74, 6) is 2.50. The summed E-state index contributed by atoms with van der Waals surface area (Å²) in [6.07, 6.45) is 3.89. The Morgan fingerprint density at radius 1 is 1.12 bits per heavy atom. The summed E-state index contributed by atoms with van der Waals surface area (Å²) in [6, 6.07) is 16.2. The van der Waals surface area contributed by atoms with Crippen LogP contribution in [0.3, 0.4) is 0 Å². The van der Waals surface area contributed by atoms with Crippen LogP contribution in [0, 0.1) is 17.2 Å². The molecule has 8 heteroatoms. The van der Waals surface area contributed by atoms with Gasteiger partial charge in [-0.3, -0.25) is 4.57 Å². The molecule has 32 heavy (non-hydrogen) atoms. The Bertz CT molecular complexity index is 1340. The quantitative estimate of drug-likeness (QED) is 0.479. The second-order valence-electron chi connectivity index (χ2n) is 8.42. The number of nitrogens with one attached hydrogen (secondary N) is 1. The maximum atomic E-state index is 9.08. The molecular formula is C24H22N8. The molecule has 3 aromatic heterocycles. The van der Waals surface area contributed by atoms with E-state index in [1.807, 2.05) is 35.9 Å². The van der Waals surface area contributed by atoms with Crippen molar-refractivity contribution in [1.29, 1.82) is 5.26 Å². The van der Waals surface area contributed by atoms with Crippen molar-refractivity contribution in [2.24, 2.45) is 5.92 Å². The predicted molar refractivity (Wildman–Crippen MR) is 121 cm³/mol. The monoisotopic (exact) mass is 422 g/mol. The van der Waals surface area contributed by atoms with Gasteiger partial charge in [-0.05, 0) is 42.9 Å². The summed E-state index contributed by atoms with van der Waals surface area (Å²) in [7, 11) is 2.00. The molecule has 5 heterocycles. The van der Waals surface area contributed by atoms with Crippen LogP contribution in [0.1, 0.15) is 11.3 Å². The predicted octanol–water partition coefficient (Wildman–Crippen LogP) is 2.69. The third-order valence-corrected chi connectivity index (χ3v) is 6.31. The van der Waals surface area contributed by atoms with E-state index in [1.54, 1.807) is 6.33 Å². The molecule has 8 nitrogen and oxygen atoms in total. The smallest absolute Gasteiger partial charge is 0.185 e. The van der Waals surface area contributed by atoms with E-state index in [9.17, 15) is 0 Å². The standard InChI is InChI=1S/C24H22N8/c1-26-10-17-11-31(12-17)23-7-6-21-20(28-23)14-30-13-19(18-4-2-16(9-25)3-5-18)8-22(30)24-29-27-15-32(21)24/h2-8,13,15,17,26H,10-12,14H2,1H3. The number of anilines is 1. The Morgan fingerprint density at radius 3 is 2.75 bits per heavy atom. The topological polar surface area (TPSA) is 87.6 Å². The van der Waals surface area contributed by atoms with Gasteiger partial charge >= 0.3 is 0 Å². The fraction of sp³-hybridized carbons (Fsp3) is 0.250. The lowest BCUT2D eigenvalue weighted by molar-refractivity contribution is 0.394. The molecule has 1 fully saturated rings. The van der Waals surface area contributed by atoms with Gasteiger partial charge in [-0.2, -0.15) is 5.26 Å². The number of pyridine rings is 1. The summed E-state index contributed by atoms with van der Waals surface area (Å²) in [4.78, 5) is 7.38. The van der Waals surface area contributed by atoms with Crippen molar-refractivity contribution in [2.75, 3.05) is 31.6 Å². The van der Waals surface area contributed by atoms with Gasteiger partial charge in [-0.25, -0.2) is 4.98 Å². The molecule has 1 saturated heterocycles. The second kappa shape index (κ2) is 7.32. The van der Waals surface area contributed by atoms with Crippen molar-refractivity contribution in [1.82, 2.24) is 29.6 Å². The van der Waals surface area contributed by atoms with Crippen molar-refractivity contribution in [3.8, 4) is 34.4 Å². The molecule has 158 valence electrons. The zero-order valence-electron chi connectivity index (χ0n) is 17.7. The van der Waals surface area contributed by atoms with E-state index in [1.165, 1.54) is 0 Å². The highest BCUT2D eigenvalue weighted by molar-refractivity contribution is 5.71. The molecule has 0 spiro atoms. The van der Waals surface area contributed by atoms with Crippen LogP contribution < -0.4 is 10.2 Å². The van der Waals surface area contributed by atoms with Gasteiger partial charge < -0.3 is 14.8 Å². The molecule has 0 saturated carbocycles. The maximum Gasteiger partial charge on any atom is 0.185 e. The highest BCUT2D eigenvalue weighted by Crippen LogP contribution is 2.34. The molecule has 4 aromatic rings. The lowest BCUT2D eigenvalue weighted by Gasteiger charge is -2.40. The number of aromatic nitrogens is 5. The van der Waals surface area contributed by atoms with Crippen molar-refractivity contribution < 1.29 is 0 Å². The SMILES string of the molecule is CNCC1CN(c2ccc3c(n2)Cn2cc(-c4ccc(C#N)cc4)cc2-c2nncn2-3)C1. The minimum atomic E-state index is 0.655. The van der Waals surface area contributed by atoms with Crippen LogP contribution in [0.5, 0.6) is 0 Å². The Hall–Kier alpha value is -3.96. The van der Waals surface area contributed by atoms with E-state index in [0.29, 0.717) is 18.0 Å². The highest BCUT2D eigenvalue weighted by atomic mass is 15.3. The average Bonchev–Trinajstić information content (AvgIpc) is 3.41. The number of nitriles is 1. The second-order valence-corrected chi connectivity index (χ2v) is 8.42. The molecule has 0 bridgehead atoms. The van der Waals surface area contributed by atoms with Gasteiger partial charge in [-0.15, -0.1) is 10.2 Å². The fourth-order valence-electron chi connectivity index (χ4n) is 4.64. The molecule has 1 N–H and O–H groups in total. The minimum Gasteiger partial charge on any atom is -0.356 e. The van der Waals surface area contributed by atoms with Gasteiger partial charge in [0.15, 0.2) is 5.82 Å². The number of nitrogens with zero attached hydrogens (tertiary/aromatic N) is 7. The first-order valence-electron chi connectivity index (χ1n) is 10.7. The molecule has 0 radical (unpaired) electrons. The molecule has 0 atom stereocenters. The van der Waals surface area contributed by atoms with Gasteiger partial charge in [0.05, 0.1) is 35.3 Å². The van der Waals surface area contributed by atoms with Gasteiger partial charge in [0.2, 0.25) is 0 Å². The first-order chi connectivity index (χ1) is 15.7. The summed E-state index contributed by atoms with van der Waals surface area (Å²) in [5.41, 5.74) is 5.82. The van der Waals surface area contributed by atoms with Gasteiger partial charge in [-0.1, -0.05) is 12.1 Å². The molecule has 1 aromatic carbocycles. The van der Waals surface area contributed by atoms with Crippen LogP contribution >= 0.6 is 0 Å². The Balaban J connectivity index is 1.38. The van der Waals surface area contributed by atoms with E-state index < -0.39 is 0 Å². The van der Waals surface area contributed by atoms with Gasteiger partial charge in [0.1, 0.15) is 12.1 Å². The molecule has 0 amide bonds. The molecular weight excluding hydrogens is 400 g/mol. The van der Waals surface area contributed by atoms with Crippen LogP contribution in [0.25, 0.3) is 28.3 Å². The molecule has 2 aliphatic rings.